The third-order valence-corrected chi connectivity index (χ3v) is 3.43. The summed E-state index contributed by atoms with van der Waals surface area (Å²) in [7, 11) is 0. The molecule has 112 valence electrons. The average molecular weight is 304 g/mol. The zero-order valence-corrected chi connectivity index (χ0v) is 12.2. The molecular formula is C18H13FN4. The Morgan fingerprint density at radius 2 is 1.96 bits per heavy atom. The molecule has 0 aliphatic rings. The molecule has 2 aromatic carbocycles. The minimum Gasteiger partial charge on any atom is -0.223 e. The van der Waals surface area contributed by atoms with Gasteiger partial charge in [-0.2, -0.15) is 10.4 Å². The number of aromatic nitrogens is 3. The molecule has 4 nitrogen and oxygen atoms in total. The second kappa shape index (κ2) is 6.67. The van der Waals surface area contributed by atoms with Gasteiger partial charge in [-0.1, -0.05) is 36.4 Å². The summed E-state index contributed by atoms with van der Waals surface area (Å²) in [5.41, 5.74) is 3.08. The first kappa shape index (κ1) is 14.7. The fourth-order valence-corrected chi connectivity index (χ4v) is 2.30. The maximum absolute atomic E-state index is 13.0. The Morgan fingerprint density at radius 3 is 2.65 bits per heavy atom. The Morgan fingerprint density at radius 1 is 1.17 bits per heavy atom. The van der Waals surface area contributed by atoms with Crippen molar-refractivity contribution in [3.8, 4) is 6.07 Å². The van der Waals surface area contributed by atoms with Crippen LogP contribution in [0.15, 0.2) is 67.3 Å². The highest BCUT2D eigenvalue weighted by atomic mass is 19.1. The van der Waals surface area contributed by atoms with Gasteiger partial charge in [0.05, 0.1) is 17.3 Å². The van der Waals surface area contributed by atoms with Gasteiger partial charge >= 0.3 is 0 Å². The quantitative estimate of drug-likeness (QED) is 0.742. The fourth-order valence-electron chi connectivity index (χ4n) is 2.30. The lowest BCUT2D eigenvalue weighted by atomic mass is 10.0. The zero-order chi connectivity index (χ0) is 16.1. The van der Waals surface area contributed by atoms with Gasteiger partial charge in [0.25, 0.3) is 0 Å². The lowest BCUT2D eigenvalue weighted by Crippen LogP contribution is -2.02. The second-order valence-electron chi connectivity index (χ2n) is 4.92. The molecule has 0 fully saturated rings. The number of halogens is 1. The van der Waals surface area contributed by atoms with Gasteiger partial charge in [-0.05, 0) is 30.2 Å². The summed E-state index contributed by atoms with van der Waals surface area (Å²) < 4.78 is 14.6. The predicted octanol–water partition coefficient (Wildman–Crippen LogP) is 3.42. The van der Waals surface area contributed by atoms with Crippen LogP contribution in [-0.4, -0.2) is 14.8 Å². The molecule has 1 heterocycles. The number of hydrogen-bond donors (Lipinski definition) is 0. The Balaban J connectivity index is 2.01. The molecule has 0 spiro atoms. The highest BCUT2D eigenvalue weighted by Crippen LogP contribution is 2.20. The van der Waals surface area contributed by atoms with Crippen molar-refractivity contribution >= 4 is 5.70 Å². The molecule has 0 radical (unpaired) electrons. The third-order valence-electron chi connectivity index (χ3n) is 3.43. The fraction of sp³-hybridized carbons (Fsp3) is 0.0556. The molecule has 3 aromatic rings. The molecule has 0 saturated heterocycles. The second-order valence-corrected chi connectivity index (χ2v) is 4.92. The molecule has 5 heteroatoms. The Kier molecular flexibility index (Phi) is 4.25. The van der Waals surface area contributed by atoms with E-state index < -0.39 is 0 Å². The van der Waals surface area contributed by atoms with Crippen LogP contribution in [0.25, 0.3) is 5.70 Å². The molecule has 0 bridgehead atoms. The molecule has 23 heavy (non-hydrogen) atoms. The van der Waals surface area contributed by atoms with Gasteiger partial charge in [-0.25, -0.2) is 14.1 Å². The molecule has 0 atom stereocenters. The van der Waals surface area contributed by atoms with Crippen LogP contribution in [-0.2, 0) is 6.42 Å². The summed E-state index contributed by atoms with van der Waals surface area (Å²) >= 11 is 0. The number of rotatable bonds is 4. The Hall–Kier alpha value is -3.26. The number of benzene rings is 2. The van der Waals surface area contributed by atoms with Gasteiger partial charge in [0.15, 0.2) is 0 Å². The van der Waals surface area contributed by atoms with Gasteiger partial charge in [-0.15, -0.1) is 0 Å². The monoisotopic (exact) mass is 304 g/mol. The minimum atomic E-state index is -0.260. The maximum Gasteiger partial charge on any atom is 0.138 e. The van der Waals surface area contributed by atoms with E-state index in [-0.39, 0.29) is 5.82 Å². The molecule has 1 aromatic heterocycles. The number of nitriles is 1. The lowest BCUT2D eigenvalue weighted by Gasteiger charge is -2.09. The lowest BCUT2D eigenvalue weighted by molar-refractivity contribution is 0.627. The summed E-state index contributed by atoms with van der Waals surface area (Å²) in [6.45, 7) is 0. The standard InChI is InChI=1S/C18H13FN4/c19-16-8-5-14(6-9-16)7-10-18(23-13-21-12-22-23)17-4-2-1-3-15(17)11-20/h1-6,8-10,12-13H,7H2/b18-10-. The first-order valence-electron chi connectivity index (χ1n) is 7.07. The summed E-state index contributed by atoms with van der Waals surface area (Å²) in [5, 5.41) is 13.5. The molecule has 0 saturated carbocycles. The normalized spacial score (nSPS) is 11.2. The van der Waals surface area contributed by atoms with E-state index in [9.17, 15) is 9.65 Å². The molecule has 0 amide bonds. The Labute approximate surface area is 133 Å². The van der Waals surface area contributed by atoms with E-state index in [0.717, 1.165) is 16.8 Å². The van der Waals surface area contributed by atoms with Crippen LogP contribution in [0.2, 0.25) is 0 Å². The van der Waals surface area contributed by atoms with Crippen molar-refractivity contribution in [1.82, 2.24) is 14.8 Å². The summed E-state index contributed by atoms with van der Waals surface area (Å²) in [4.78, 5) is 3.97. The van der Waals surface area contributed by atoms with Crippen LogP contribution in [0.4, 0.5) is 4.39 Å². The van der Waals surface area contributed by atoms with Crippen molar-refractivity contribution in [3.05, 3.63) is 89.8 Å². The summed E-state index contributed by atoms with van der Waals surface area (Å²) in [6, 6.07) is 15.9. The first-order chi connectivity index (χ1) is 11.3. The van der Waals surface area contributed by atoms with Crippen LogP contribution >= 0.6 is 0 Å². The van der Waals surface area contributed by atoms with Crippen LogP contribution in [0.3, 0.4) is 0 Å². The maximum atomic E-state index is 13.0. The van der Waals surface area contributed by atoms with E-state index in [4.69, 9.17) is 0 Å². The highest BCUT2D eigenvalue weighted by Gasteiger charge is 2.10. The average Bonchev–Trinajstić information content (AvgIpc) is 3.11. The van der Waals surface area contributed by atoms with E-state index >= 15 is 0 Å². The Bertz CT molecular complexity index is 859. The van der Waals surface area contributed by atoms with Gasteiger partial charge in [-0.3, -0.25) is 0 Å². The van der Waals surface area contributed by atoms with E-state index in [1.54, 1.807) is 29.2 Å². The van der Waals surface area contributed by atoms with E-state index in [0.29, 0.717) is 12.0 Å². The molecule has 0 unspecified atom stereocenters. The van der Waals surface area contributed by atoms with E-state index in [1.165, 1.54) is 18.5 Å². The van der Waals surface area contributed by atoms with Gasteiger partial charge < -0.3 is 0 Å². The van der Waals surface area contributed by atoms with Crippen molar-refractivity contribution in [1.29, 1.82) is 5.26 Å². The highest BCUT2D eigenvalue weighted by molar-refractivity contribution is 5.70. The van der Waals surface area contributed by atoms with Crippen LogP contribution < -0.4 is 0 Å². The first-order valence-corrected chi connectivity index (χ1v) is 7.07. The zero-order valence-electron chi connectivity index (χ0n) is 12.2. The molecule has 3 rings (SSSR count). The third kappa shape index (κ3) is 3.33. The molecular weight excluding hydrogens is 291 g/mol. The molecule has 0 aliphatic heterocycles. The number of nitrogens with zero attached hydrogens (tertiary/aromatic N) is 4. The minimum absolute atomic E-state index is 0.260. The van der Waals surface area contributed by atoms with Crippen LogP contribution in [0.5, 0.6) is 0 Å². The summed E-state index contributed by atoms with van der Waals surface area (Å²) in [6.07, 6.45) is 5.58. The van der Waals surface area contributed by atoms with E-state index in [1.807, 2.05) is 24.3 Å². The van der Waals surface area contributed by atoms with Crippen molar-refractivity contribution in [2.75, 3.05) is 0 Å². The molecule has 0 aliphatic carbocycles. The van der Waals surface area contributed by atoms with Gasteiger partial charge in [0.2, 0.25) is 0 Å². The topological polar surface area (TPSA) is 54.5 Å². The number of allylic oxidation sites excluding steroid dienone is 1. The van der Waals surface area contributed by atoms with Gasteiger partial charge in [0.1, 0.15) is 18.5 Å². The van der Waals surface area contributed by atoms with Crippen LogP contribution in [0.1, 0.15) is 16.7 Å². The smallest absolute Gasteiger partial charge is 0.138 e. The number of hydrogen-bond acceptors (Lipinski definition) is 3. The SMILES string of the molecule is N#Cc1ccccc1/C(=C/Cc1ccc(F)cc1)n1cncn1. The van der Waals surface area contributed by atoms with Gasteiger partial charge in [0, 0.05) is 5.56 Å². The summed E-state index contributed by atoms with van der Waals surface area (Å²) in [5.74, 6) is -0.260. The van der Waals surface area contributed by atoms with Crippen molar-refractivity contribution in [3.63, 3.8) is 0 Å². The van der Waals surface area contributed by atoms with Crippen molar-refractivity contribution in [2.45, 2.75) is 6.42 Å². The predicted molar refractivity (Wildman–Crippen MR) is 84.7 cm³/mol. The molecule has 0 N–H and O–H groups in total. The van der Waals surface area contributed by atoms with E-state index in [2.05, 4.69) is 16.2 Å². The van der Waals surface area contributed by atoms with Crippen molar-refractivity contribution < 1.29 is 4.39 Å². The van der Waals surface area contributed by atoms with Crippen molar-refractivity contribution in [2.24, 2.45) is 0 Å². The largest absolute Gasteiger partial charge is 0.223 e. The van der Waals surface area contributed by atoms with Crippen LogP contribution in [0, 0.1) is 17.1 Å².